The summed E-state index contributed by atoms with van der Waals surface area (Å²) in [6, 6.07) is 12.4. The third kappa shape index (κ3) is 11.8. The second-order valence-corrected chi connectivity index (χ2v) is 21.8. The van der Waals surface area contributed by atoms with E-state index in [9.17, 15) is 48.7 Å². The van der Waals surface area contributed by atoms with Crippen molar-refractivity contribution in [2.75, 3.05) is 42.3 Å². The van der Waals surface area contributed by atoms with Crippen molar-refractivity contribution in [2.45, 2.75) is 95.3 Å². The topological polar surface area (TPSA) is 226 Å². The molecule has 0 spiro atoms. The molecule has 4 aliphatic rings. The molecule has 1 aromatic carbocycles. The van der Waals surface area contributed by atoms with Crippen LogP contribution >= 0.6 is 0 Å². The molecule has 61 heavy (non-hydrogen) atoms. The zero-order chi connectivity index (χ0) is 45.1. The van der Waals surface area contributed by atoms with Crippen LogP contribution in [0, 0.1) is 0 Å². The van der Waals surface area contributed by atoms with Gasteiger partial charge in [0.15, 0.2) is 9.84 Å². The van der Waals surface area contributed by atoms with Crippen molar-refractivity contribution in [3.05, 3.63) is 82.6 Å². The van der Waals surface area contributed by atoms with Crippen LogP contribution < -0.4 is 14.8 Å². The van der Waals surface area contributed by atoms with Gasteiger partial charge in [0.1, 0.15) is 24.6 Å². The second-order valence-electron chi connectivity index (χ2n) is 16.6. The molecule has 2 amide bonds. The molecule has 332 valence electrons. The average Bonchev–Trinajstić information content (AvgIpc) is 3.58. The van der Waals surface area contributed by atoms with E-state index in [4.69, 9.17) is 9.25 Å². The number of hydroxylamine groups is 2. The summed E-state index contributed by atoms with van der Waals surface area (Å²) in [7, 11) is -12.1. The highest BCUT2D eigenvalue weighted by Gasteiger charge is 2.44. The monoisotopic (exact) mass is 904 g/mol. The number of imide groups is 1. The number of carbonyl (C=O) groups excluding carboxylic acids is 3. The quantitative estimate of drug-likeness (QED) is 0.105. The van der Waals surface area contributed by atoms with E-state index in [1.807, 2.05) is 53.7 Å². The van der Waals surface area contributed by atoms with Crippen LogP contribution in [-0.4, -0.2) is 94.6 Å². The Kier molecular flexibility index (Phi) is 14.2. The molecule has 0 saturated carbocycles. The van der Waals surface area contributed by atoms with E-state index in [0.29, 0.717) is 46.6 Å². The predicted molar refractivity (Wildman–Crippen MR) is 229 cm³/mol. The number of carbonyl (C=O) groups is 3. The lowest BCUT2D eigenvalue weighted by Crippen LogP contribution is -2.32. The molecular formula is C42H54N3O13S3+. The van der Waals surface area contributed by atoms with Crippen LogP contribution in [0.4, 0.5) is 5.69 Å². The number of fused-ring (bicyclic) bond motifs is 2. The first kappa shape index (κ1) is 47.4. The number of allylic oxidation sites excluding steroid dienone is 3. The second kappa shape index (κ2) is 18.3. The van der Waals surface area contributed by atoms with Crippen LogP contribution in [0.25, 0.3) is 17.4 Å². The minimum Gasteiger partial charge on any atom is -0.456 e. The summed E-state index contributed by atoms with van der Waals surface area (Å²) in [5.41, 5.74) is 2.43. The van der Waals surface area contributed by atoms with E-state index >= 15 is 0 Å². The third-order valence-corrected chi connectivity index (χ3v) is 13.6. The molecule has 1 fully saturated rings. The molecule has 3 aliphatic heterocycles. The minimum atomic E-state index is -4.31. The highest BCUT2D eigenvalue weighted by molar-refractivity contribution is 7.90. The molecule has 1 atom stereocenters. The summed E-state index contributed by atoms with van der Waals surface area (Å²) in [5, 5.41) is 1.28. The first-order valence-electron chi connectivity index (χ1n) is 19.9. The SMILES string of the molecule is CC[N+](CCCS(=O)(=O)O)=c1ccc2c(C(C)(C)C)cc(/C=C/C=C3\N(CCCS(=O)(=O)O)c4ccc(S(C)(=O)=O)cc4C3(C)CCCC(=O)ON3C(=O)CCC3=O)oc-2c1. The fraction of sp³-hybridized carbons (Fsp3) is 0.476. The largest absolute Gasteiger partial charge is 0.456 e. The molecule has 0 aromatic heterocycles. The van der Waals surface area contributed by atoms with Gasteiger partial charge in [0.05, 0.1) is 22.5 Å². The van der Waals surface area contributed by atoms with Crippen molar-refractivity contribution in [3.8, 4) is 11.3 Å². The molecule has 0 radical (unpaired) electrons. The van der Waals surface area contributed by atoms with Crippen LogP contribution in [0.3, 0.4) is 0 Å². The van der Waals surface area contributed by atoms with Crippen molar-refractivity contribution in [1.29, 1.82) is 0 Å². The lowest BCUT2D eigenvalue weighted by atomic mass is 9.77. The minimum absolute atomic E-state index is 0.0231. The zero-order valence-corrected chi connectivity index (χ0v) is 37.7. The molecule has 1 saturated heterocycles. The van der Waals surface area contributed by atoms with Crippen LogP contribution in [0.2, 0.25) is 0 Å². The summed E-state index contributed by atoms with van der Waals surface area (Å²) in [6.45, 7) is 11.1. The lowest BCUT2D eigenvalue weighted by molar-refractivity contribution is -0.197. The predicted octanol–water partition coefficient (Wildman–Crippen LogP) is 4.89. The van der Waals surface area contributed by atoms with Crippen LogP contribution in [0.1, 0.15) is 96.5 Å². The van der Waals surface area contributed by atoms with Crippen molar-refractivity contribution in [1.82, 2.24) is 9.64 Å². The fourth-order valence-corrected chi connectivity index (χ4v) is 9.43. The van der Waals surface area contributed by atoms with Gasteiger partial charge >= 0.3 is 5.97 Å². The van der Waals surface area contributed by atoms with Gasteiger partial charge in [0.25, 0.3) is 32.1 Å². The van der Waals surface area contributed by atoms with Crippen LogP contribution in [0.5, 0.6) is 0 Å². The Hall–Kier alpha value is -4.69. The Balaban J connectivity index is 1.58. The van der Waals surface area contributed by atoms with Crippen molar-refractivity contribution >= 4 is 59.6 Å². The van der Waals surface area contributed by atoms with Crippen molar-refractivity contribution in [2.24, 2.45) is 0 Å². The molecule has 0 bridgehead atoms. The van der Waals surface area contributed by atoms with Gasteiger partial charge in [-0.2, -0.15) is 16.8 Å². The summed E-state index contributed by atoms with van der Waals surface area (Å²) in [4.78, 5) is 44.0. The number of benzene rings is 2. The van der Waals surface area contributed by atoms with Crippen LogP contribution in [0.15, 0.2) is 69.6 Å². The molecule has 2 N–H and O–H groups in total. The number of rotatable bonds is 17. The molecular weight excluding hydrogens is 851 g/mol. The number of nitrogens with zero attached hydrogens (tertiary/aromatic N) is 3. The van der Waals surface area contributed by atoms with Crippen molar-refractivity contribution in [3.63, 3.8) is 0 Å². The summed E-state index contributed by atoms with van der Waals surface area (Å²) in [6.07, 6.45) is 6.85. The highest BCUT2D eigenvalue weighted by atomic mass is 32.2. The van der Waals surface area contributed by atoms with Gasteiger partial charge in [-0.15, -0.1) is 5.06 Å². The van der Waals surface area contributed by atoms with Gasteiger partial charge in [-0.05, 0) is 92.1 Å². The first-order chi connectivity index (χ1) is 28.3. The summed E-state index contributed by atoms with van der Waals surface area (Å²) >= 11 is 0. The Morgan fingerprint density at radius 1 is 0.934 bits per heavy atom. The Morgan fingerprint density at radius 2 is 1.59 bits per heavy atom. The normalized spacial score (nSPS) is 18.8. The van der Waals surface area contributed by atoms with E-state index in [1.54, 1.807) is 24.3 Å². The van der Waals surface area contributed by atoms with Gasteiger partial charge in [-0.3, -0.25) is 18.7 Å². The number of amides is 2. The van der Waals surface area contributed by atoms with Gasteiger partial charge in [-0.25, -0.2) is 17.8 Å². The van der Waals surface area contributed by atoms with Gasteiger partial charge in [0.2, 0.25) is 5.36 Å². The van der Waals surface area contributed by atoms with Gasteiger partial charge in [-0.1, -0.05) is 26.8 Å². The molecule has 5 rings (SSSR count). The van der Waals surface area contributed by atoms with Gasteiger partial charge < -0.3 is 14.2 Å². The summed E-state index contributed by atoms with van der Waals surface area (Å²) < 4.78 is 99.1. The Bertz CT molecular complexity index is 2630. The maximum absolute atomic E-state index is 12.9. The Morgan fingerprint density at radius 3 is 2.20 bits per heavy atom. The molecule has 16 nitrogen and oxygen atoms in total. The average molecular weight is 905 g/mol. The Labute approximate surface area is 357 Å². The molecule has 1 aromatic rings. The number of hydrogen-bond donors (Lipinski definition) is 2. The molecule has 3 heterocycles. The van der Waals surface area contributed by atoms with E-state index in [2.05, 4.69) is 20.8 Å². The maximum atomic E-state index is 12.9. The standard InChI is InChI=1S/C42H53N3O13S3/c1-7-43(22-10-24-60(51,52)53)29-15-17-32-33(41(2,3)4)27-30(57-36(32)26-29)12-8-13-37-42(5,21-9-14-40(48)58-45-38(46)19-20-39(45)47)34-28-31(59(6,49)50)16-18-35(34)44(37)23-11-25-61(54,55)56/h8,12-13,15-18,26-28H,7,9-11,14,19-25H2,1-6H3,(H-,51,52,53,54,55,56)/p+1. The molecule has 1 aliphatic carbocycles. The number of sulfone groups is 1. The van der Waals surface area contributed by atoms with E-state index in [0.717, 1.165) is 22.7 Å². The molecule has 1 unspecified atom stereocenters. The summed E-state index contributed by atoms with van der Waals surface area (Å²) in [5.74, 6) is -1.82. The lowest BCUT2D eigenvalue weighted by Gasteiger charge is -2.30. The fourth-order valence-electron chi connectivity index (χ4n) is 7.80. The van der Waals surface area contributed by atoms with Crippen molar-refractivity contribution < 1.29 is 58.0 Å². The first-order valence-corrected chi connectivity index (χ1v) is 25.1. The third-order valence-electron chi connectivity index (χ3n) is 10.8. The van der Waals surface area contributed by atoms with E-state index in [-0.39, 0.29) is 67.6 Å². The highest BCUT2D eigenvalue weighted by Crippen LogP contribution is 2.51. The van der Waals surface area contributed by atoms with Crippen LogP contribution in [-0.2, 0) is 60.1 Å². The molecule has 19 heteroatoms. The number of hydrogen-bond acceptors (Lipinski definition) is 12. The van der Waals surface area contributed by atoms with Gasteiger partial charge in [0, 0.05) is 66.9 Å². The maximum Gasteiger partial charge on any atom is 0.333 e. The van der Waals surface area contributed by atoms with E-state index < -0.39 is 59.0 Å². The van der Waals surface area contributed by atoms with E-state index in [1.165, 1.54) is 6.07 Å². The smallest absolute Gasteiger partial charge is 0.333 e. The zero-order valence-electron chi connectivity index (χ0n) is 35.2. The number of anilines is 1.